The van der Waals surface area contributed by atoms with E-state index in [-0.39, 0.29) is 75.7 Å². The summed E-state index contributed by atoms with van der Waals surface area (Å²) >= 11 is 0. The molecule has 0 aromatic heterocycles. The number of ether oxygens (including phenoxy) is 6. The average Bonchev–Trinajstić information content (AvgIpc) is 2.71. The molecule has 0 saturated carbocycles. The summed E-state index contributed by atoms with van der Waals surface area (Å²) in [5.74, 6) is 0. The van der Waals surface area contributed by atoms with Crippen molar-refractivity contribution in [3.63, 3.8) is 0 Å². The minimum atomic E-state index is -0.651. The van der Waals surface area contributed by atoms with Gasteiger partial charge in [0.25, 0.3) is 0 Å². The van der Waals surface area contributed by atoms with Crippen molar-refractivity contribution >= 4 is 39.3 Å². The Kier molecular flexibility index (Phi) is 17.3. The highest BCUT2D eigenvalue weighted by Gasteiger charge is 2.40. The fraction of sp³-hybridized carbons (Fsp3) is 0.909. The first-order valence-corrected chi connectivity index (χ1v) is 11.0. The van der Waals surface area contributed by atoms with Crippen LogP contribution >= 0.6 is 27.0 Å². The van der Waals surface area contributed by atoms with E-state index in [0.717, 1.165) is 12.8 Å². The van der Waals surface area contributed by atoms with Gasteiger partial charge in [-0.1, -0.05) is 0 Å². The van der Waals surface area contributed by atoms with Crippen molar-refractivity contribution < 1.29 is 38.0 Å². The molecule has 10 nitrogen and oxygen atoms in total. The molecule has 204 valence electrons. The summed E-state index contributed by atoms with van der Waals surface area (Å²) in [5.41, 5.74) is 0. The number of likely N-dealkylation sites (N-methyl/N-ethyl adjacent to an activating group) is 2. The summed E-state index contributed by atoms with van der Waals surface area (Å²) in [6, 6.07) is 0.329. The SMILES string of the molecule is COC(=O)OC1C(C)OC(C)CC1N(C)C.COC(=O)O[C@H]1[C@H](C)O[C@H](C)C[C@@H]1N(C)C.S.S. The Labute approximate surface area is 218 Å². The van der Waals surface area contributed by atoms with Gasteiger partial charge in [0.05, 0.1) is 50.7 Å². The molecule has 0 amide bonds. The molecule has 12 heteroatoms. The van der Waals surface area contributed by atoms with Crippen molar-refractivity contribution in [3.8, 4) is 0 Å². The standard InChI is InChI=1S/2C11H21NO4.2H2S/c2*1-7-6-9(12(3)4)10(8(2)15-7)16-11(13)14-5;;/h2*7-10H,6H2,1-5H3;2*1H2/t7-,8+,9+,10+;;;/m1.../s1. The van der Waals surface area contributed by atoms with Crippen LogP contribution in [-0.4, -0.2) is 113 Å². The fourth-order valence-electron chi connectivity index (χ4n) is 4.25. The van der Waals surface area contributed by atoms with E-state index in [1.54, 1.807) is 0 Å². The second-order valence-corrected chi connectivity index (χ2v) is 8.91. The van der Waals surface area contributed by atoms with E-state index >= 15 is 0 Å². The Morgan fingerprint density at radius 1 is 0.676 bits per heavy atom. The Morgan fingerprint density at radius 3 is 1.21 bits per heavy atom. The lowest BCUT2D eigenvalue weighted by Gasteiger charge is -2.41. The van der Waals surface area contributed by atoms with Crippen LogP contribution in [0.3, 0.4) is 0 Å². The molecule has 2 aliphatic heterocycles. The lowest BCUT2D eigenvalue weighted by atomic mass is 9.95. The number of hydrogen-bond donors (Lipinski definition) is 0. The summed E-state index contributed by atoms with van der Waals surface area (Å²) in [6.45, 7) is 7.89. The third-order valence-corrected chi connectivity index (χ3v) is 5.85. The second-order valence-electron chi connectivity index (χ2n) is 8.91. The highest BCUT2D eigenvalue weighted by Crippen LogP contribution is 2.26. The number of methoxy groups -OCH3 is 2. The smallest absolute Gasteiger partial charge is 0.438 e. The molecule has 8 atom stereocenters. The van der Waals surface area contributed by atoms with Gasteiger partial charge in [-0.15, -0.1) is 0 Å². The van der Waals surface area contributed by atoms with Crippen LogP contribution in [0, 0.1) is 0 Å². The van der Waals surface area contributed by atoms with Gasteiger partial charge in [-0.05, 0) is 68.7 Å². The maximum Gasteiger partial charge on any atom is 0.508 e. The Morgan fingerprint density at radius 2 is 0.971 bits per heavy atom. The molecule has 0 bridgehead atoms. The van der Waals surface area contributed by atoms with Crippen LogP contribution < -0.4 is 0 Å². The van der Waals surface area contributed by atoms with Gasteiger partial charge in [-0.3, -0.25) is 0 Å². The maximum atomic E-state index is 11.2. The molecule has 2 heterocycles. The van der Waals surface area contributed by atoms with Gasteiger partial charge in [-0.2, -0.15) is 27.0 Å². The lowest BCUT2D eigenvalue weighted by molar-refractivity contribution is -0.143. The molecule has 0 N–H and O–H groups in total. The molecule has 0 aliphatic carbocycles. The molecule has 2 aliphatic rings. The highest BCUT2D eigenvalue weighted by atomic mass is 32.1. The van der Waals surface area contributed by atoms with Crippen LogP contribution in [0.25, 0.3) is 0 Å². The number of hydrogen-bond acceptors (Lipinski definition) is 10. The molecule has 0 aromatic rings. The van der Waals surface area contributed by atoms with Gasteiger partial charge in [0.1, 0.15) is 12.2 Å². The van der Waals surface area contributed by atoms with E-state index in [2.05, 4.69) is 19.3 Å². The molecule has 34 heavy (non-hydrogen) atoms. The van der Waals surface area contributed by atoms with Gasteiger partial charge in [0, 0.05) is 0 Å². The quantitative estimate of drug-likeness (QED) is 0.505. The van der Waals surface area contributed by atoms with Crippen LogP contribution in [0.15, 0.2) is 0 Å². The molecule has 0 spiro atoms. The second kappa shape index (κ2) is 16.7. The summed E-state index contributed by atoms with van der Waals surface area (Å²) in [5, 5.41) is 0. The van der Waals surface area contributed by atoms with Crippen LogP contribution in [-0.2, 0) is 28.4 Å². The fourth-order valence-corrected chi connectivity index (χ4v) is 4.25. The largest absolute Gasteiger partial charge is 0.508 e. The predicted molar refractivity (Wildman–Crippen MR) is 140 cm³/mol. The molecular formula is C22H46N2O8S2. The van der Waals surface area contributed by atoms with Crippen molar-refractivity contribution in [1.82, 2.24) is 9.80 Å². The topological polar surface area (TPSA) is 96.0 Å². The number of carbonyl (C=O) groups is 2. The first-order chi connectivity index (χ1) is 14.9. The van der Waals surface area contributed by atoms with Crippen LogP contribution in [0.2, 0.25) is 0 Å². The average molecular weight is 531 g/mol. The highest BCUT2D eigenvalue weighted by molar-refractivity contribution is 7.59. The summed E-state index contributed by atoms with van der Waals surface area (Å²) in [6.07, 6.45) is -0.0378. The van der Waals surface area contributed by atoms with Crippen molar-refractivity contribution in [3.05, 3.63) is 0 Å². The van der Waals surface area contributed by atoms with E-state index in [1.165, 1.54) is 14.2 Å². The first kappa shape index (κ1) is 35.2. The summed E-state index contributed by atoms with van der Waals surface area (Å²) in [7, 11) is 10.5. The van der Waals surface area contributed by atoms with E-state index in [1.807, 2.05) is 55.9 Å². The number of carbonyl (C=O) groups excluding carboxylic acids is 2. The molecule has 0 aromatic carbocycles. The molecular weight excluding hydrogens is 484 g/mol. The van der Waals surface area contributed by atoms with Crippen molar-refractivity contribution in [2.24, 2.45) is 0 Å². The van der Waals surface area contributed by atoms with E-state index in [9.17, 15) is 9.59 Å². The van der Waals surface area contributed by atoms with E-state index in [4.69, 9.17) is 18.9 Å². The first-order valence-electron chi connectivity index (χ1n) is 11.0. The van der Waals surface area contributed by atoms with Crippen LogP contribution in [0.1, 0.15) is 40.5 Å². The molecule has 0 radical (unpaired) electrons. The van der Waals surface area contributed by atoms with Gasteiger partial charge >= 0.3 is 12.3 Å². The molecule has 4 unspecified atom stereocenters. The monoisotopic (exact) mass is 530 g/mol. The van der Waals surface area contributed by atoms with E-state index in [0.29, 0.717) is 0 Å². The predicted octanol–water partition coefficient (Wildman–Crippen LogP) is 2.76. The normalized spacial score (nSPS) is 32.8. The van der Waals surface area contributed by atoms with Crippen molar-refractivity contribution in [2.75, 3.05) is 42.4 Å². The third kappa shape index (κ3) is 10.8. The van der Waals surface area contributed by atoms with Crippen LogP contribution in [0.4, 0.5) is 9.59 Å². The van der Waals surface area contributed by atoms with Crippen molar-refractivity contribution in [2.45, 2.75) is 89.2 Å². The summed E-state index contributed by atoms with van der Waals surface area (Å²) < 4.78 is 30.9. The van der Waals surface area contributed by atoms with Crippen molar-refractivity contribution in [1.29, 1.82) is 0 Å². The zero-order valence-corrected chi connectivity index (χ0v) is 24.2. The van der Waals surface area contributed by atoms with Gasteiger partial charge in [0.2, 0.25) is 0 Å². The number of nitrogens with zero attached hydrogens (tertiary/aromatic N) is 2. The van der Waals surface area contributed by atoms with Gasteiger partial charge in [0.15, 0.2) is 0 Å². The number of rotatable bonds is 4. The zero-order valence-electron chi connectivity index (χ0n) is 22.2. The Balaban J connectivity index is 0. The van der Waals surface area contributed by atoms with Gasteiger partial charge < -0.3 is 38.2 Å². The van der Waals surface area contributed by atoms with Crippen LogP contribution in [0.5, 0.6) is 0 Å². The molecule has 2 saturated heterocycles. The Hall–Kier alpha value is -0.920. The maximum absolute atomic E-state index is 11.2. The summed E-state index contributed by atoms with van der Waals surface area (Å²) in [4.78, 5) is 26.4. The Bertz CT molecular complexity index is 549. The lowest BCUT2D eigenvalue weighted by Crippen LogP contribution is -2.54. The minimum Gasteiger partial charge on any atom is -0.438 e. The molecule has 2 rings (SSSR count). The van der Waals surface area contributed by atoms with E-state index < -0.39 is 12.3 Å². The molecule has 2 fully saturated rings. The van der Waals surface area contributed by atoms with Gasteiger partial charge in [-0.25, -0.2) is 9.59 Å². The minimum absolute atomic E-state index is 0. The zero-order chi connectivity index (χ0) is 24.6. The third-order valence-electron chi connectivity index (χ3n) is 5.85.